The lowest BCUT2D eigenvalue weighted by Gasteiger charge is -2.24. The molecular weight excluding hydrogens is 520 g/mol. The van der Waals surface area contributed by atoms with Crippen molar-refractivity contribution in [3.05, 3.63) is 73.2 Å². The Hall–Kier alpha value is -3.24. The Balaban J connectivity index is 1.44. The number of aromatic nitrogens is 3. The van der Waals surface area contributed by atoms with E-state index in [2.05, 4.69) is 32.9 Å². The van der Waals surface area contributed by atoms with Gasteiger partial charge in [-0.05, 0) is 36.8 Å². The van der Waals surface area contributed by atoms with Gasteiger partial charge in [-0.15, -0.1) is 5.10 Å². The number of para-hydroxylation sites is 2. The van der Waals surface area contributed by atoms with E-state index < -0.39 is 6.10 Å². The minimum Gasteiger partial charge on any atom is -0.485 e. The van der Waals surface area contributed by atoms with Gasteiger partial charge >= 0.3 is 0 Å². The zero-order valence-electron chi connectivity index (χ0n) is 18.2. The number of amides is 1. The molecule has 1 atom stereocenters. The molecule has 4 aromatic rings. The molecule has 0 radical (unpaired) electrons. The minimum absolute atomic E-state index is 0.163. The quantitative estimate of drug-likeness (QED) is 0.395. The van der Waals surface area contributed by atoms with E-state index in [1.807, 2.05) is 42.5 Å². The second-order valence-electron chi connectivity index (χ2n) is 8.11. The number of carbonyl (C=O) groups excluding carboxylic acids is 1. The Morgan fingerprint density at radius 1 is 1.18 bits per heavy atom. The number of ether oxygens (including phenoxy) is 2. The molecule has 34 heavy (non-hydrogen) atoms. The highest BCUT2D eigenvalue weighted by Crippen LogP contribution is 2.38. The fourth-order valence-corrected chi connectivity index (χ4v) is 5.61. The molecule has 0 spiro atoms. The van der Waals surface area contributed by atoms with Crippen LogP contribution in [0.25, 0.3) is 10.5 Å². The van der Waals surface area contributed by atoms with E-state index in [4.69, 9.17) is 9.47 Å². The number of nitrogens with zero attached hydrogens (tertiary/aromatic N) is 4. The predicted molar refractivity (Wildman–Crippen MR) is 132 cm³/mol. The number of carbonyl (C=O) groups is 1. The largest absolute Gasteiger partial charge is 0.485 e. The predicted octanol–water partition coefficient (Wildman–Crippen LogP) is 3.49. The number of halogens is 1. The first-order valence-electron chi connectivity index (χ1n) is 11.0. The van der Waals surface area contributed by atoms with Gasteiger partial charge in [0.15, 0.2) is 23.4 Å². The highest BCUT2D eigenvalue weighted by molar-refractivity contribution is 9.10. The van der Waals surface area contributed by atoms with Crippen molar-refractivity contribution in [2.24, 2.45) is 0 Å². The van der Waals surface area contributed by atoms with Crippen LogP contribution < -0.4 is 24.5 Å². The summed E-state index contributed by atoms with van der Waals surface area (Å²) in [6.07, 6.45) is 1.32. The van der Waals surface area contributed by atoms with Crippen molar-refractivity contribution in [1.29, 1.82) is 0 Å². The number of anilines is 1. The zero-order valence-corrected chi connectivity index (χ0v) is 20.6. The highest BCUT2D eigenvalue weighted by Gasteiger charge is 2.35. The van der Waals surface area contributed by atoms with Crippen LogP contribution in [-0.2, 0) is 4.79 Å². The second kappa shape index (κ2) is 8.21. The summed E-state index contributed by atoms with van der Waals surface area (Å²) < 4.78 is 14.2. The van der Waals surface area contributed by atoms with Crippen LogP contribution in [0.3, 0.4) is 0 Å². The summed E-state index contributed by atoms with van der Waals surface area (Å²) in [6.45, 7) is 2.94. The first-order chi connectivity index (χ1) is 16.5. The van der Waals surface area contributed by atoms with Crippen molar-refractivity contribution < 1.29 is 14.3 Å². The normalized spacial score (nSPS) is 18.6. The third-order valence-electron chi connectivity index (χ3n) is 5.91. The van der Waals surface area contributed by atoms with E-state index in [1.54, 1.807) is 4.90 Å². The number of hydrogen-bond donors (Lipinski definition) is 0. The van der Waals surface area contributed by atoms with Crippen LogP contribution >= 0.6 is 27.3 Å². The van der Waals surface area contributed by atoms with E-state index >= 15 is 0 Å². The van der Waals surface area contributed by atoms with Crippen LogP contribution in [-0.4, -0.2) is 33.7 Å². The van der Waals surface area contributed by atoms with Gasteiger partial charge in [0.25, 0.3) is 11.5 Å². The maximum absolute atomic E-state index is 13.4. The molecule has 2 aromatic carbocycles. The smallest absolute Gasteiger partial charge is 0.291 e. The number of unbranched alkanes of at least 4 members (excludes halogenated alkanes) is 1. The Labute approximate surface area is 206 Å². The van der Waals surface area contributed by atoms with Crippen LogP contribution in [0.5, 0.6) is 11.5 Å². The molecule has 2 aliphatic heterocycles. The van der Waals surface area contributed by atoms with Crippen LogP contribution in [0.1, 0.15) is 37.3 Å². The van der Waals surface area contributed by atoms with E-state index in [0.717, 1.165) is 28.6 Å². The second-order valence-corrected chi connectivity index (χ2v) is 10.0. The van der Waals surface area contributed by atoms with Gasteiger partial charge < -0.3 is 14.4 Å². The van der Waals surface area contributed by atoms with Gasteiger partial charge in [-0.1, -0.05) is 52.7 Å². The zero-order chi connectivity index (χ0) is 23.4. The number of rotatable bonds is 4. The molecule has 0 aliphatic carbocycles. The van der Waals surface area contributed by atoms with Crippen molar-refractivity contribution in [3.8, 4) is 11.5 Å². The lowest BCUT2D eigenvalue weighted by molar-refractivity contribution is -0.113. The SMILES string of the molecule is CCCCN1C(=O)/C(=c2\sc3nc(C4COc5ccccc5O4)nn3c2=O)c2cc(Br)ccc21. The van der Waals surface area contributed by atoms with Gasteiger partial charge in [-0.3, -0.25) is 9.59 Å². The topological polar surface area (TPSA) is 86.0 Å². The molecule has 0 bridgehead atoms. The van der Waals surface area contributed by atoms with E-state index in [-0.39, 0.29) is 18.1 Å². The van der Waals surface area contributed by atoms with E-state index in [9.17, 15) is 9.59 Å². The Morgan fingerprint density at radius 3 is 2.79 bits per heavy atom. The molecule has 1 amide bonds. The fourth-order valence-electron chi connectivity index (χ4n) is 4.24. The third kappa shape index (κ3) is 3.32. The summed E-state index contributed by atoms with van der Waals surface area (Å²) >= 11 is 4.67. The molecule has 2 aromatic heterocycles. The molecule has 0 saturated carbocycles. The van der Waals surface area contributed by atoms with E-state index in [1.165, 1.54) is 15.9 Å². The molecule has 0 saturated heterocycles. The van der Waals surface area contributed by atoms with Crippen molar-refractivity contribution in [2.45, 2.75) is 25.9 Å². The van der Waals surface area contributed by atoms with Crippen LogP contribution in [0, 0.1) is 0 Å². The molecular formula is C24H19BrN4O4S. The summed E-state index contributed by atoms with van der Waals surface area (Å²) in [5.41, 5.74) is 1.62. The monoisotopic (exact) mass is 538 g/mol. The van der Waals surface area contributed by atoms with Gasteiger partial charge in [0.1, 0.15) is 11.1 Å². The third-order valence-corrected chi connectivity index (χ3v) is 7.43. The Morgan fingerprint density at radius 2 is 2.00 bits per heavy atom. The average molecular weight is 539 g/mol. The summed E-state index contributed by atoms with van der Waals surface area (Å²) in [7, 11) is 0. The fraction of sp³-hybridized carbons (Fsp3) is 0.250. The number of benzene rings is 2. The molecule has 172 valence electrons. The average Bonchev–Trinajstić information content (AvgIpc) is 3.47. The van der Waals surface area contributed by atoms with Crippen molar-refractivity contribution >= 4 is 49.4 Å². The Kier molecular flexibility index (Phi) is 5.14. The van der Waals surface area contributed by atoms with Crippen molar-refractivity contribution in [1.82, 2.24) is 14.6 Å². The summed E-state index contributed by atoms with van der Waals surface area (Å²) in [4.78, 5) is 33.5. The van der Waals surface area contributed by atoms with Crippen LogP contribution in [0.4, 0.5) is 5.69 Å². The molecule has 0 fully saturated rings. The number of fused-ring (bicyclic) bond motifs is 3. The molecule has 0 N–H and O–H groups in total. The molecule has 1 unspecified atom stereocenters. The minimum atomic E-state index is -0.521. The lowest BCUT2D eigenvalue weighted by Crippen LogP contribution is -2.33. The van der Waals surface area contributed by atoms with Gasteiger partial charge in [0.2, 0.25) is 4.96 Å². The molecule has 10 heteroatoms. The van der Waals surface area contributed by atoms with Gasteiger partial charge in [-0.25, -0.2) is 0 Å². The van der Waals surface area contributed by atoms with Crippen LogP contribution in [0.2, 0.25) is 0 Å². The summed E-state index contributed by atoms with van der Waals surface area (Å²) in [5.74, 6) is 1.49. The molecule has 8 nitrogen and oxygen atoms in total. The highest BCUT2D eigenvalue weighted by atomic mass is 79.9. The van der Waals surface area contributed by atoms with E-state index in [0.29, 0.717) is 38.9 Å². The maximum Gasteiger partial charge on any atom is 0.291 e. The van der Waals surface area contributed by atoms with Crippen molar-refractivity contribution in [2.75, 3.05) is 18.1 Å². The number of thiazole rings is 1. The molecule has 4 heterocycles. The lowest BCUT2D eigenvalue weighted by atomic mass is 10.1. The van der Waals surface area contributed by atoms with Crippen molar-refractivity contribution in [3.63, 3.8) is 0 Å². The van der Waals surface area contributed by atoms with Gasteiger partial charge in [-0.2, -0.15) is 9.50 Å². The van der Waals surface area contributed by atoms with Crippen LogP contribution in [0.15, 0.2) is 51.7 Å². The van der Waals surface area contributed by atoms with Gasteiger partial charge in [0.05, 0.1) is 11.3 Å². The standard InChI is InChI=1S/C24H19BrN4O4S/c1-2-3-10-28-15-9-8-13(25)11-14(15)19(22(28)30)20-23(31)29-24(34-20)26-21(27-29)18-12-32-16-6-4-5-7-17(16)33-18/h4-9,11,18H,2-3,10,12H2,1H3/b20-19-. The molecule has 6 rings (SSSR count). The van der Waals surface area contributed by atoms with Gasteiger partial charge in [0, 0.05) is 16.6 Å². The summed E-state index contributed by atoms with van der Waals surface area (Å²) in [6, 6.07) is 13.1. The molecule has 2 aliphatic rings. The summed E-state index contributed by atoms with van der Waals surface area (Å²) in [5, 5.41) is 4.42. The number of hydrogen-bond acceptors (Lipinski definition) is 7. The first-order valence-corrected chi connectivity index (χ1v) is 12.6. The maximum atomic E-state index is 13.4. The Bertz CT molecular complexity index is 1560. The first kappa shape index (κ1) is 21.3.